The van der Waals surface area contributed by atoms with Crippen molar-refractivity contribution in [2.24, 2.45) is 0 Å². The van der Waals surface area contributed by atoms with Gasteiger partial charge >= 0.3 is 0 Å². The van der Waals surface area contributed by atoms with Crippen LogP contribution in [0, 0.1) is 5.82 Å². The van der Waals surface area contributed by atoms with E-state index in [-0.39, 0.29) is 4.90 Å². The Bertz CT molecular complexity index is 575. The fraction of sp³-hybridized carbons (Fsp3) is 0.364. The molecule has 0 bridgehead atoms. The van der Waals surface area contributed by atoms with Crippen LogP contribution < -0.4 is 15.8 Å². The Morgan fingerprint density at radius 3 is 2.68 bits per heavy atom. The number of nitrogens with two attached hydrogens (primary N) is 1. The number of hydrogen-bond donors (Lipinski definition) is 3. The average Bonchev–Trinajstić information content (AvgIpc) is 2.32. The first-order chi connectivity index (χ1) is 8.79. The zero-order chi connectivity index (χ0) is 14.6. The molecule has 1 atom stereocenters. The lowest BCUT2D eigenvalue weighted by molar-refractivity contribution is -0.122. The Morgan fingerprint density at radius 2 is 2.11 bits per heavy atom. The minimum atomic E-state index is -4.05. The first kappa shape index (κ1) is 15.4. The number of carbonyl (C=O) groups excluding carboxylic acids is 1. The van der Waals surface area contributed by atoms with Gasteiger partial charge in [0.15, 0.2) is 0 Å². The molecular weight excluding hydrogens is 273 g/mol. The van der Waals surface area contributed by atoms with E-state index < -0.39 is 33.5 Å². The molecule has 4 N–H and O–H groups in total. The van der Waals surface area contributed by atoms with E-state index in [1.54, 1.807) is 6.92 Å². The van der Waals surface area contributed by atoms with Crippen molar-refractivity contribution >= 4 is 21.6 Å². The molecule has 8 heteroatoms. The smallest absolute Gasteiger partial charge is 0.243 e. The van der Waals surface area contributed by atoms with E-state index >= 15 is 0 Å². The van der Waals surface area contributed by atoms with Crippen molar-refractivity contribution in [3.05, 3.63) is 24.0 Å². The lowest BCUT2D eigenvalue weighted by Gasteiger charge is -2.14. The second kappa shape index (κ2) is 5.98. The first-order valence-corrected chi connectivity index (χ1v) is 7.12. The number of sulfonamides is 1. The van der Waals surface area contributed by atoms with Gasteiger partial charge in [0, 0.05) is 6.54 Å². The Labute approximate surface area is 111 Å². The van der Waals surface area contributed by atoms with Crippen LogP contribution in [-0.2, 0) is 14.8 Å². The van der Waals surface area contributed by atoms with Crippen LogP contribution >= 0.6 is 0 Å². The standard InChI is InChI=1S/C11H16FN3O3S/c1-3-14-11(16)7(2)15-19(17,18)9-6-4-5-8(12)10(9)13/h4-7,15H,3,13H2,1-2H3,(H,14,16). The summed E-state index contributed by atoms with van der Waals surface area (Å²) in [6.07, 6.45) is 0. The second-order valence-corrected chi connectivity index (χ2v) is 5.57. The third kappa shape index (κ3) is 3.65. The van der Waals surface area contributed by atoms with E-state index in [9.17, 15) is 17.6 Å². The molecule has 0 heterocycles. The molecule has 1 aromatic rings. The monoisotopic (exact) mass is 289 g/mol. The van der Waals surface area contributed by atoms with Gasteiger partial charge in [-0.2, -0.15) is 4.72 Å². The van der Waals surface area contributed by atoms with Gasteiger partial charge in [-0.1, -0.05) is 6.07 Å². The molecule has 1 aromatic carbocycles. The van der Waals surface area contributed by atoms with Gasteiger partial charge in [-0.15, -0.1) is 0 Å². The van der Waals surface area contributed by atoms with E-state index in [1.165, 1.54) is 19.1 Å². The highest BCUT2D eigenvalue weighted by atomic mass is 32.2. The molecule has 0 radical (unpaired) electrons. The number of nitrogen functional groups attached to an aromatic ring is 1. The second-order valence-electron chi connectivity index (χ2n) is 3.89. The van der Waals surface area contributed by atoms with Crippen LogP contribution in [0.2, 0.25) is 0 Å². The van der Waals surface area contributed by atoms with Crippen molar-refractivity contribution in [2.45, 2.75) is 24.8 Å². The van der Waals surface area contributed by atoms with E-state index in [0.29, 0.717) is 6.54 Å². The Balaban J connectivity index is 2.99. The summed E-state index contributed by atoms with van der Waals surface area (Å²) in [6, 6.07) is 2.48. The summed E-state index contributed by atoms with van der Waals surface area (Å²) in [5.41, 5.74) is 4.91. The lowest BCUT2D eigenvalue weighted by Crippen LogP contribution is -2.44. The van der Waals surface area contributed by atoms with Crippen LogP contribution in [0.1, 0.15) is 13.8 Å². The van der Waals surface area contributed by atoms with Crippen LogP contribution in [0.5, 0.6) is 0 Å². The highest BCUT2D eigenvalue weighted by Crippen LogP contribution is 2.20. The molecule has 0 saturated carbocycles. The van der Waals surface area contributed by atoms with E-state index in [1.807, 2.05) is 0 Å². The number of hydrogen-bond acceptors (Lipinski definition) is 4. The van der Waals surface area contributed by atoms with E-state index in [4.69, 9.17) is 5.73 Å². The maximum Gasteiger partial charge on any atom is 0.243 e. The number of para-hydroxylation sites is 1. The normalized spacial score (nSPS) is 13.0. The number of likely N-dealkylation sites (N-methyl/N-ethyl adjacent to an activating group) is 1. The fourth-order valence-electron chi connectivity index (χ4n) is 1.43. The van der Waals surface area contributed by atoms with Crippen LogP contribution in [0.15, 0.2) is 23.1 Å². The van der Waals surface area contributed by atoms with Gasteiger partial charge in [0.25, 0.3) is 0 Å². The number of amides is 1. The molecule has 0 saturated heterocycles. The number of nitrogens with one attached hydrogen (secondary N) is 2. The van der Waals surface area contributed by atoms with Gasteiger partial charge in [-0.05, 0) is 26.0 Å². The van der Waals surface area contributed by atoms with Gasteiger partial charge < -0.3 is 11.1 Å². The highest BCUT2D eigenvalue weighted by molar-refractivity contribution is 7.89. The minimum Gasteiger partial charge on any atom is -0.395 e. The number of halogens is 1. The molecule has 1 amide bonds. The number of rotatable bonds is 5. The van der Waals surface area contributed by atoms with E-state index in [0.717, 1.165) is 6.07 Å². The minimum absolute atomic E-state index is 0.382. The summed E-state index contributed by atoms with van der Waals surface area (Å²) in [7, 11) is -4.05. The van der Waals surface area contributed by atoms with Gasteiger partial charge in [-0.25, -0.2) is 12.8 Å². The van der Waals surface area contributed by atoms with Gasteiger partial charge in [0.1, 0.15) is 10.7 Å². The highest BCUT2D eigenvalue weighted by Gasteiger charge is 2.24. The Hall–Kier alpha value is -1.67. The third-order valence-corrected chi connectivity index (χ3v) is 3.98. The number of carbonyl (C=O) groups is 1. The molecule has 0 aliphatic carbocycles. The summed E-state index contributed by atoms with van der Waals surface area (Å²) < 4.78 is 39.3. The predicted octanol–water partition coefficient (Wildman–Crippen LogP) is 0.211. The van der Waals surface area contributed by atoms with Crippen LogP contribution in [0.3, 0.4) is 0 Å². The van der Waals surface area contributed by atoms with Crippen molar-refractivity contribution in [3.8, 4) is 0 Å². The third-order valence-electron chi connectivity index (χ3n) is 2.38. The maximum atomic E-state index is 13.2. The molecule has 6 nitrogen and oxygen atoms in total. The molecule has 19 heavy (non-hydrogen) atoms. The van der Waals surface area contributed by atoms with Crippen molar-refractivity contribution in [2.75, 3.05) is 12.3 Å². The zero-order valence-electron chi connectivity index (χ0n) is 10.6. The SMILES string of the molecule is CCNC(=O)C(C)NS(=O)(=O)c1cccc(F)c1N. The molecular formula is C11H16FN3O3S. The summed E-state index contributed by atoms with van der Waals surface area (Å²) in [5.74, 6) is -1.30. The van der Waals surface area contributed by atoms with Crippen molar-refractivity contribution in [1.29, 1.82) is 0 Å². The number of anilines is 1. The van der Waals surface area contributed by atoms with Crippen molar-refractivity contribution in [1.82, 2.24) is 10.0 Å². The van der Waals surface area contributed by atoms with E-state index in [2.05, 4.69) is 10.0 Å². The quantitative estimate of drug-likeness (QED) is 0.674. The fourth-order valence-corrected chi connectivity index (χ4v) is 2.77. The molecule has 0 aromatic heterocycles. The zero-order valence-corrected chi connectivity index (χ0v) is 11.4. The van der Waals surface area contributed by atoms with Gasteiger partial charge in [-0.3, -0.25) is 4.79 Å². The molecule has 1 rings (SSSR count). The van der Waals surface area contributed by atoms with Crippen LogP contribution in [-0.4, -0.2) is 26.9 Å². The van der Waals surface area contributed by atoms with Crippen molar-refractivity contribution in [3.63, 3.8) is 0 Å². The molecule has 0 aliphatic rings. The molecule has 0 spiro atoms. The van der Waals surface area contributed by atoms with Crippen LogP contribution in [0.25, 0.3) is 0 Å². The molecule has 0 aliphatic heterocycles. The molecule has 0 fully saturated rings. The van der Waals surface area contributed by atoms with Gasteiger partial charge in [0.05, 0.1) is 11.7 Å². The lowest BCUT2D eigenvalue weighted by atomic mass is 10.3. The molecule has 106 valence electrons. The predicted molar refractivity (Wildman–Crippen MR) is 69.3 cm³/mol. The Kier molecular flexibility index (Phi) is 4.84. The summed E-state index contributed by atoms with van der Waals surface area (Å²) in [6.45, 7) is 3.48. The largest absolute Gasteiger partial charge is 0.395 e. The summed E-state index contributed by atoms with van der Waals surface area (Å²) in [4.78, 5) is 11.1. The topological polar surface area (TPSA) is 101 Å². The first-order valence-electron chi connectivity index (χ1n) is 5.63. The van der Waals surface area contributed by atoms with Crippen LogP contribution in [0.4, 0.5) is 10.1 Å². The average molecular weight is 289 g/mol. The Morgan fingerprint density at radius 1 is 1.47 bits per heavy atom. The molecule has 1 unspecified atom stereocenters. The van der Waals surface area contributed by atoms with Gasteiger partial charge in [0.2, 0.25) is 15.9 Å². The summed E-state index contributed by atoms with van der Waals surface area (Å²) >= 11 is 0. The van der Waals surface area contributed by atoms with Crippen molar-refractivity contribution < 1.29 is 17.6 Å². The number of benzene rings is 1. The maximum absolute atomic E-state index is 13.2. The summed E-state index contributed by atoms with van der Waals surface area (Å²) in [5, 5.41) is 2.47.